The standard InChI is InChI=1S/C6H11N5O2/c1-11-4(12)2-3(5(11)13)9-6(7)10-8/h3H,2,8H2,1H3,(H3,7,9,10). The first-order chi connectivity index (χ1) is 6.06. The fourth-order valence-electron chi connectivity index (χ4n) is 1.04. The summed E-state index contributed by atoms with van der Waals surface area (Å²) in [4.78, 5) is 27.0. The van der Waals surface area contributed by atoms with Gasteiger partial charge in [-0.3, -0.25) is 19.9 Å². The quantitative estimate of drug-likeness (QED) is 0.138. The molecule has 0 aromatic heterocycles. The lowest BCUT2D eigenvalue weighted by Gasteiger charge is -2.05. The van der Waals surface area contributed by atoms with Crippen molar-refractivity contribution >= 4 is 17.8 Å². The van der Waals surface area contributed by atoms with Gasteiger partial charge in [0.25, 0.3) is 5.91 Å². The number of amides is 2. The highest BCUT2D eigenvalue weighted by molar-refractivity contribution is 6.06. The Balaban J connectivity index is 2.75. The van der Waals surface area contributed by atoms with Gasteiger partial charge in [0.2, 0.25) is 11.9 Å². The van der Waals surface area contributed by atoms with E-state index in [-0.39, 0.29) is 24.2 Å². The molecule has 1 rings (SSSR count). The zero-order valence-electron chi connectivity index (χ0n) is 7.15. The number of hydrogen-bond acceptors (Lipinski definition) is 4. The van der Waals surface area contributed by atoms with Crippen LogP contribution in [-0.4, -0.2) is 35.8 Å². The van der Waals surface area contributed by atoms with Gasteiger partial charge in [-0.05, 0) is 0 Å². The van der Waals surface area contributed by atoms with Crippen molar-refractivity contribution < 1.29 is 9.59 Å². The lowest BCUT2D eigenvalue weighted by Crippen LogP contribution is -2.39. The Labute approximate surface area is 74.7 Å². The topological polar surface area (TPSA) is 114 Å². The van der Waals surface area contributed by atoms with Crippen molar-refractivity contribution in [2.75, 3.05) is 7.05 Å². The molecule has 0 aromatic carbocycles. The van der Waals surface area contributed by atoms with Crippen LogP contribution >= 0.6 is 0 Å². The number of guanidine groups is 1. The molecule has 1 fully saturated rings. The lowest BCUT2D eigenvalue weighted by molar-refractivity contribution is -0.136. The van der Waals surface area contributed by atoms with Crippen LogP contribution in [0.25, 0.3) is 0 Å². The molecule has 1 aliphatic heterocycles. The maximum atomic E-state index is 11.2. The smallest absolute Gasteiger partial charge is 0.254 e. The number of likely N-dealkylation sites (N-methyl/N-ethyl adjacent to an activating group) is 1. The normalized spacial score (nSPS) is 24.0. The van der Waals surface area contributed by atoms with Crippen LogP contribution in [0.5, 0.6) is 0 Å². The Morgan fingerprint density at radius 3 is 2.69 bits per heavy atom. The van der Waals surface area contributed by atoms with Gasteiger partial charge in [-0.1, -0.05) is 0 Å². The number of imide groups is 1. The van der Waals surface area contributed by atoms with E-state index < -0.39 is 6.04 Å². The van der Waals surface area contributed by atoms with Gasteiger partial charge < -0.3 is 5.73 Å². The van der Waals surface area contributed by atoms with Gasteiger partial charge in [-0.2, -0.15) is 0 Å². The molecule has 13 heavy (non-hydrogen) atoms. The van der Waals surface area contributed by atoms with E-state index in [0.717, 1.165) is 4.90 Å². The van der Waals surface area contributed by atoms with Crippen molar-refractivity contribution in [1.29, 1.82) is 0 Å². The molecular formula is C6H11N5O2. The number of nitrogens with two attached hydrogens (primary N) is 2. The fraction of sp³-hybridized carbons (Fsp3) is 0.500. The van der Waals surface area contributed by atoms with Gasteiger partial charge in [0, 0.05) is 7.05 Å². The molecule has 72 valence electrons. The third-order valence-electron chi connectivity index (χ3n) is 1.80. The molecule has 7 nitrogen and oxygen atoms in total. The number of aliphatic imine (C=N–C) groups is 1. The molecular weight excluding hydrogens is 174 g/mol. The van der Waals surface area contributed by atoms with Crippen LogP contribution in [0.15, 0.2) is 4.99 Å². The first kappa shape index (κ1) is 9.46. The Kier molecular flexibility index (Phi) is 2.47. The summed E-state index contributed by atoms with van der Waals surface area (Å²) in [6.45, 7) is 0. The second-order valence-electron chi connectivity index (χ2n) is 2.67. The van der Waals surface area contributed by atoms with E-state index in [1.165, 1.54) is 7.05 Å². The van der Waals surface area contributed by atoms with E-state index in [4.69, 9.17) is 11.6 Å². The van der Waals surface area contributed by atoms with Crippen molar-refractivity contribution in [2.45, 2.75) is 12.5 Å². The van der Waals surface area contributed by atoms with E-state index in [1.54, 1.807) is 0 Å². The lowest BCUT2D eigenvalue weighted by atomic mass is 10.3. The second-order valence-corrected chi connectivity index (χ2v) is 2.67. The van der Waals surface area contributed by atoms with Crippen molar-refractivity contribution in [3.05, 3.63) is 0 Å². The third kappa shape index (κ3) is 1.75. The van der Waals surface area contributed by atoms with E-state index >= 15 is 0 Å². The first-order valence-electron chi connectivity index (χ1n) is 3.66. The summed E-state index contributed by atoms with van der Waals surface area (Å²) in [6.07, 6.45) is 0.0533. The number of rotatable bonds is 1. The van der Waals surface area contributed by atoms with Crippen molar-refractivity contribution in [3.8, 4) is 0 Å². The largest absolute Gasteiger partial charge is 0.369 e. The number of carbonyl (C=O) groups is 2. The van der Waals surface area contributed by atoms with E-state index in [0.29, 0.717) is 0 Å². The summed E-state index contributed by atoms with van der Waals surface area (Å²) in [6, 6.07) is -0.728. The first-order valence-corrected chi connectivity index (χ1v) is 3.66. The highest BCUT2D eigenvalue weighted by Crippen LogP contribution is 2.13. The molecule has 1 atom stereocenters. The summed E-state index contributed by atoms with van der Waals surface area (Å²) < 4.78 is 0. The van der Waals surface area contributed by atoms with Crippen molar-refractivity contribution in [1.82, 2.24) is 10.3 Å². The summed E-state index contributed by atoms with van der Waals surface area (Å²) in [7, 11) is 1.41. The zero-order chi connectivity index (χ0) is 10.0. The number of hydrazine groups is 1. The molecule has 0 bridgehead atoms. The Bertz CT molecular complexity index is 274. The average molecular weight is 185 g/mol. The van der Waals surface area contributed by atoms with Crippen LogP contribution in [0, 0.1) is 0 Å². The van der Waals surface area contributed by atoms with Crippen LogP contribution < -0.4 is 17.0 Å². The molecule has 1 aliphatic rings. The van der Waals surface area contributed by atoms with E-state index in [2.05, 4.69) is 10.4 Å². The predicted molar refractivity (Wildman–Crippen MR) is 45.1 cm³/mol. The SMILES string of the molecule is CN1C(=O)CC(N=C(N)NN)C1=O. The monoisotopic (exact) mass is 185 g/mol. The molecule has 0 saturated carbocycles. The molecule has 1 saturated heterocycles. The third-order valence-corrected chi connectivity index (χ3v) is 1.80. The molecule has 0 aliphatic carbocycles. The molecule has 7 heteroatoms. The summed E-state index contributed by atoms with van der Waals surface area (Å²) in [5.41, 5.74) is 7.33. The van der Waals surface area contributed by atoms with E-state index in [9.17, 15) is 9.59 Å². The minimum Gasteiger partial charge on any atom is -0.369 e. The van der Waals surface area contributed by atoms with Crippen LogP contribution in [-0.2, 0) is 9.59 Å². The number of nitrogens with one attached hydrogen (secondary N) is 1. The predicted octanol–water partition coefficient (Wildman–Crippen LogP) is -2.48. The number of likely N-dealkylation sites (tertiary alicyclic amines) is 1. The minimum absolute atomic E-state index is 0.0533. The minimum atomic E-state index is -0.728. The van der Waals surface area contributed by atoms with Crippen LogP contribution in [0.4, 0.5) is 0 Å². The molecule has 2 amide bonds. The molecule has 0 aromatic rings. The molecule has 1 unspecified atom stereocenters. The van der Waals surface area contributed by atoms with E-state index in [1.807, 2.05) is 0 Å². The van der Waals surface area contributed by atoms with Gasteiger partial charge in [-0.25, -0.2) is 10.8 Å². The highest BCUT2D eigenvalue weighted by atomic mass is 16.2. The molecule has 1 heterocycles. The molecule has 0 spiro atoms. The number of hydrogen-bond donors (Lipinski definition) is 3. The fourth-order valence-corrected chi connectivity index (χ4v) is 1.04. The van der Waals surface area contributed by atoms with Crippen LogP contribution in [0.2, 0.25) is 0 Å². The van der Waals surface area contributed by atoms with Gasteiger partial charge in [0.05, 0.1) is 6.42 Å². The van der Waals surface area contributed by atoms with Crippen LogP contribution in [0.1, 0.15) is 6.42 Å². The Morgan fingerprint density at radius 1 is 1.69 bits per heavy atom. The maximum Gasteiger partial charge on any atom is 0.254 e. The Morgan fingerprint density at radius 2 is 2.31 bits per heavy atom. The van der Waals surface area contributed by atoms with Crippen LogP contribution in [0.3, 0.4) is 0 Å². The van der Waals surface area contributed by atoms with Gasteiger partial charge in [-0.15, -0.1) is 0 Å². The maximum absolute atomic E-state index is 11.2. The molecule has 0 radical (unpaired) electrons. The summed E-state index contributed by atoms with van der Waals surface area (Å²) in [5, 5.41) is 0. The summed E-state index contributed by atoms with van der Waals surface area (Å²) >= 11 is 0. The zero-order valence-corrected chi connectivity index (χ0v) is 7.15. The highest BCUT2D eigenvalue weighted by Gasteiger charge is 2.35. The average Bonchev–Trinajstić information content (AvgIpc) is 2.34. The Hall–Kier alpha value is -1.63. The van der Waals surface area contributed by atoms with Gasteiger partial charge in [0.15, 0.2) is 0 Å². The van der Waals surface area contributed by atoms with Gasteiger partial charge >= 0.3 is 0 Å². The van der Waals surface area contributed by atoms with Crippen molar-refractivity contribution in [2.24, 2.45) is 16.6 Å². The van der Waals surface area contributed by atoms with Crippen molar-refractivity contribution in [3.63, 3.8) is 0 Å². The number of nitrogens with zero attached hydrogens (tertiary/aromatic N) is 2. The molecule has 5 N–H and O–H groups in total. The number of carbonyl (C=O) groups excluding carboxylic acids is 2. The van der Waals surface area contributed by atoms with Gasteiger partial charge in [0.1, 0.15) is 6.04 Å². The summed E-state index contributed by atoms with van der Waals surface area (Å²) in [5.74, 6) is 4.28. The second kappa shape index (κ2) is 3.40.